The van der Waals surface area contributed by atoms with Gasteiger partial charge in [-0.1, -0.05) is 25.1 Å². The van der Waals surface area contributed by atoms with Crippen LogP contribution in [0.2, 0.25) is 0 Å². The monoisotopic (exact) mass is 337 g/mol. The molecular formula is C20H23N3O2. The van der Waals surface area contributed by atoms with Gasteiger partial charge in [0.1, 0.15) is 17.2 Å². The number of para-hydroxylation sites is 1. The van der Waals surface area contributed by atoms with Crippen LogP contribution >= 0.6 is 0 Å². The Balaban J connectivity index is 1.70. The van der Waals surface area contributed by atoms with E-state index < -0.39 is 0 Å². The minimum absolute atomic E-state index is 0.261. The third kappa shape index (κ3) is 2.73. The van der Waals surface area contributed by atoms with Crippen molar-refractivity contribution in [2.24, 2.45) is 5.92 Å². The van der Waals surface area contributed by atoms with Gasteiger partial charge < -0.3 is 13.9 Å². The van der Waals surface area contributed by atoms with Gasteiger partial charge in [0, 0.05) is 56.2 Å². The Labute approximate surface area is 147 Å². The molecule has 2 aromatic heterocycles. The standard InChI is InChI=1S/C20H23N3O2/c1-3-16-19(15-7-5-6-8-17(15)25-16)20-21-9-10-23(20)13-14-11-18(24)22(4-2)12-14/h5-10,14H,3-4,11-13H2,1-2H3/t14-/m0/s1. The average molecular weight is 337 g/mol. The number of aromatic nitrogens is 2. The van der Waals surface area contributed by atoms with Crippen LogP contribution in [0.3, 0.4) is 0 Å². The molecule has 3 aromatic rings. The van der Waals surface area contributed by atoms with Gasteiger partial charge in [-0.15, -0.1) is 0 Å². The SMILES string of the molecule is CCc1oc2ccccc2c1-c1nccn1C[C@H]1CC(=O)N(CC)C1. The van der Waals surface area contributed by atoms with E-state index in [2.05, 4.69) is 22.5 Å². The first-order valence-corrected chi connectivity index (χ1v) is 9.01. The normalized spacial score (nSPS) is 17.8. The van der Waals surface area contributed by atoms with Gasteiger partial charge in [-0.2, -0.15) is 0 Å². The zero-order chi connectivity index (χ0) is 17.4. The Kier molecular flexibility index (Phi) is 4.07. The lowest BCUT2D eigenvalue weighted by Crippen LogP contribution is -2.25. The van der Waals surface area contributed by atoms with E-state index >= 15 is 0 Å². The van der Waals surface area contributed by atoms with Gasteiger partial charge in [0.05, 0.1) is 5.56 Å². The molecule has 1 aliphatic heterocycles. The number of fused-ring (bicyclic) bond motifs is 1. The third-order valence-electron chi connectivity index (χ3n) is 5.06. The summed E-state index contributed by atoms with van der Waals surface area (Å²) in [5.74, 6) is 2.50. The highest BCUT2D eigenvalue weighted by molar-refractivity contribution is 5.94. The van der Waals surface area contributed by atoms with Crippen molar-refractivity contribution in [3.63, 3.8) is 0 Å². The number of imidazole rings is 1. The maximum absolute atomic E-state index is 12.0. The second kappa shape index (κ2) is 6.39. The lowest BCUT2D eigenvalue weighted by atomic mass is 10.1. The van der Waals surface area contributed by atoms with Gasteiger partial charge >= 0.3 is 0 Å². The van der Waals surface area contributed by atoms with E-state index in [1.54, 1.807) is 0 Å². The molecule has 5 heteroatoms. The molecule has 130 valence electrons. The minimum Gasteiger partial charge on any atom is -0.460 e. The largest absolute Gasteiger partial charge is 0.460 e. The summed E-state index contributed by atoms with van der Waals surface area (Å²) in [5.41, 5.74) is 1.98. The van der Waals surface area contributed by atoms with Crippen LogP contribution in [-0.4, -0.2) is 33.4 Å². The zero-order valence-corrected chi connectivity index (χ0v) is 14.7. The Bertz CT molecular complexity index is 909. The summed E-state index contributed by atoms with van der Waals surface area (Å²) in [6.45, 7) is 6.57. The van der Waals surface area contributed by atoms with Gasteiger partial charge in [-0.3, -0.25) is 4.79 Å². The zero-order valence-electron chi connectivity index (χ0n) is 14.7. The van der Waals surface area contributed by atoms with Crippen molar-refractivity contribution in [3.05, 3.63) is 42.4 Å². The van der Waals surface area contributed by atoms with E-state index in [0.717, 1.165) is 54.2 Å². The van der Waals surface area contributed by atoms with Crippen molar-refractivity contribution in [3.8, 4) is 11.4 Å². The van der Waals surface area contributed by atoms with Crippen molar-refractivity contribution in [2.75, 3.05) is 13.1 Å². The number of nitrogens with zero attached hydrogens (tertiary/aromatic N) is 3. The summed E-state index contributed by atoms with van der Waals surface area (Å²) in [7, 11) is 0. The molecule has 0 radical (unpaired) electrons. The van der Waals surface area contributed by atoms with Crippen LogP contribution in [0, 0.1) is 5.92 Å². The smallest absolute Gasteiger partial charge is 0.222 e. The molecule has 1 aliphatic rings. The molecule has 1 amide bonds. The van der Waals surface area contributed by atoms with E-state index in [9.17, 15) is 4.79 Å². The van der Waals surface area contributed by atoms with Crippen molar-refractivity contribution in [1.82, 2.24) is 14.5 Å². The maximum Gasteiger partial charge on any atom is 0.222 e. The molecule has 0 N–H and O–H groups in total. The molecule has 4 rings (SSSR count). The summed E-state index contributed by atoms with van der Waals surface area (Å²) in [6.07, 6.45) is 5.29. The number of furan rings is 1. The molecule has 0 saturated carbocycles. The van der Waals surface area contributed by atoms with Crippen LogP contribution in [-0.2, 0) is 17.8 Å². The summed E-state index contributed by atoms with van der Waals surface area (Å²) in [5, 5.41) is 1.10. The van der Waals surface area contributed by atoms with Crippen LogP contribution < -0.4 is 0 Å². The highest BCUT2D eigenvalue weighted by Crippen LogP contribution is 2.35. The Morgan fingerprint density at radius 1 is 1.28 bits per heavy atom. The van der Waals surface area contributed by atoms with Crippen molar-refractivity contribution < 1.29 is 9.21 Å². The maximum atomic E-state index is 12.0. The van der Waals surface area contributed by atoms with Crippen LogP contribution in [0.25, 0.3) is 22.4 Å². The predicted molar refractivity (Wildman–Crippen MR) is 97.2 cm³/mol. The first kappa shape index (κ1) is 15.9. The molecule has 1 fully saturated rings. The lowest BCUT2D eigenvalue weighted by Gasteiger charge is -2.15. The van der Waals surface area contributed by atoms with Gasteiger partial charge in [0.2, 0.25) is 5.91 Å². The molecule has 0 unspecified atom stereocenters. The number of aryl methyl sites for hydroxylation is 1. The Hall–Kier alpha value is -2.56. The molecule has 0 bridgehead atoms. The van der Waals surface area contributed by atoms with Crippen molar-refractivity contribution in [1.29, 1.82) is 0 Å². The highest BCUT2D eigenvalue weighted by atomic mass is 16.3. The molecule has 3 heterocycles. The highest BCUT2D eigenvalue weighted by Gasteiger charge is 2.29. The summed E-state index contributed by atoms with van der Waals surface area (Å²) < 4.78 is 8.21. The first-order chi connectivity index (χ1) is 12.2. The number of benzene rings is 1. The van der Waals surface area contributed by atoms with E-state index in [-0.39, 0.29) is 5.91 Å². The number of amides is 1. The van der Waals surface area contributed by atoms with Gasteiger partial charge in [-0.25, -0.2) is 4.98 Å². The van der Waals surface area contributed by atoms with Crippen LogP contribution in [0.15, 0.2) is 41.1 Å². The Morgan fingerprint density at radius 3 is 2.88 bits per heavy atom. The summed E-state index contributed by atoms with van der Waals surface area (Å²) in [6, 6.07) is 8.11. The number of carbonyl (C=O) groups is 1. The lowest BCUT2D eigenvalue weighted by molar-refractivity contribution is -0.127. The first-order valence-electron chi connectivity index (χ1n) is 9.01. The van der Waals surface area contributed by atoms with Gasteiger partial charge in [-0.05, 0) is 13.0 Å². The molecule has 0 aliphatic carbocycles. The average Bonchev–Trinajstić information content (AvgIpc) is 3.31. The number of hydrogen-bond acceptors (Lipinski definition) is 3. The minimum atomic E-state index is 0.261. The van der Waals surface area contributed by atoms with E-state index in [1.165, 1.54) is 0 Å². The third-order valence-corrected chi connectivity index (χ3v) is 5.06. The summed E-state index contributed by atoms with van der Waals surface area (Å²) in [4.78, 5) is 18.6. The quantitative estimate of drug-likeness (QED) is 0.713. The number of rotatable bonds is 5. The summed E-state index contributed by atoms with van der Waals surface area (Å²) >= 11 is 0. The number of hydrogen-bond donors (Lipinski definition) is 0. The fraction of sp³-hybridized carbons (Fsp3) is 0.400. The predicted octanol–water partition coefficient (Wildman–Crippen LogP) is 3.73. The second-order valence-electron chi connectivity index (χ2n) is 6.66. The number of likely N-dealkylation sites (tertiary alicyclic amines) is 1. The molecule has 1 saturated heterocycles. The molecule has 25 heavy (non-hydrogen) atoms. The van der Waals surface area contributed by atoms with E-state index in [0.29, 0.717) is 12.3 Å². The molecule has 1 atom stereocenters. The second-order valence-corrected chi connectivity index (χ2v) is 6.66. The molecular weight excluding hydrogens is 314 g/mol. The Morgan fingerprint density at radius 2 is 2.12 bits per heavy atom. The van der Waals surface area contributed by atoms with Crippen molar-refractivity contribution in [2.45, 2.75) is 33.2 Å². The van der Waals surface area contributed by atoms with E-state index in [1.807, 2.05) is 42.4 Å². The van der Waals surface area contributed by atoms with Crippen molar-refractivity contribution >= 4 is 16.9 Å². The van der Waals surface area contributed by atoms with Crippen LogP contribution in [0.4, 0.5) is 0 Å². The van der Waals surface area contributed by atoms with Crippen LogP contribution in [0.5, 0.6) is 0 Å². The van der Waals surface area contributed by atoms with Gasteiger partial charge in [0.15, 0.2) is 0 Å². The van der Waals surface area contributed by atoms with E-state index in [4.69, 9.17) is 4.42 Å². The van der Waals surface area contributed by atoms with Crippen LogP contribution in [0.1, 0.15) is 26.0 Å². The topological polar surface area (TPSA) is 51.3 Å². The fourth-order valence-corrected chi connectivity index (χ4v) is 3.83. The van der Waals surface area contributed by atoms with Gasteiger partial charge in [0.25, 0.3) is 0 Å². The molecule has 5 nitrogen and oxygen atoms in total. The fourth-order valence-electron chi connectivity index (χ4n) is 3.83. The number of carbonyl (C=O) groups excluding carboxylic acids is 1. The molecule has 0 spiro atoms. The molecule has 1 aromatic carbocycles.